The molecule has 0 amide bonds. The Morgan fingerprint density at radius 2 is 1.57 bits per heavy atom. The number of nitrogens with zero attached hydrogens (tertiary/aromatic N) is 2. The molecule has 3 aromatic rings. The van der Waals surface area contributed by atoms with E-state index in [0.29, 0.717) is 17.6 Å². The quantitative estimate of drug-likeness (QED) is 0.674. The molecule has 0 unspecified atom stereocenters. The fourth-order valence-electron chi connectivity index (χ4n) is 2.22. The maximum absolute atomic E-state index is 5.89. The standard InChI is InChI=1S/C18H19N5/c1-12-6-8-14(9-7-12)21-18-22-16(19)11-17(23-18)20-15-5-3-4-13(2)10-15/h3-11H,1-2H3,(H4,19,20,21,22,23). The molecule has 0 aliphatic rings. The van der Waals surface area contributed by atoms with E-state index in [2.05, 4.69) is 20.6 Å². The number of aromatic nitrogens is 2. The second-order valence-electron chi connectivity index (χ2n) is 5.49. The van der Waals surface area contributed by atoms with E-state index in [9.17, 15) is 0 Å². The number of benzene rings is 2. The van der Waals surface area contributed by atoms with Crippen molar-refractivity contribution in [1.29, 1.82) is 0 Å². The molecule has 0 radical (unpaired) electrons. The normalized spacial score (nSPS) is 10.3. The number of nitrogens with two attached hydrogens (primary N) is 1. The van der Waals surface area contributed by atoms with Gasteiger partial charge in [0.1, 0.15) is 11.6 Å². The fourth-order valence-corrected chi connectivity index (χ4v) is 2.22. The lowest BCUT2D eigenvalue weighted by Crippen LogP contribution is -2.03. The van der Waals surface area contributed by atoms with Crippen LogP contribution in [0.3, 0.4) is 0 Å². The van der Waals surface area contributed by atoms with Gasteiger partial charge in [0.05, 0.1) is 0 Å². The number of rotatable bonds is 4. The fraction of sp³-hybridized carbons (Fsp3) is 0.111. The lowest BCUT2D eigenvalue weighted by molar-refractivity contribution is 1.17. The molecule has 4 N–H and O–H groups in total. The minimum atomic E-state index is 0.407. The summed E-state index contributed by atoms with van der Waals surface area (Å²) in [6, 6.07) is 17.8. The second kappa shape index (κ2) is 6.36. The van der Waals surface area contributed by atoms with Gasteiger partial charge in [0, 0.05) is 17.4 Å². The number of hydrogen-bond donors (Lipinski definition) is 3. The highest BCUT2D eigenvalue weighted by Gasteiger charge is 2.04. The highest BCUT2D eigenvalue weighted by Crippen LogP contribution is 2.20. The predicted molar refractivity (Wildman–Crippen MR) is 95.4 cm³/mol. The van der Waals surface area contributed by atoms with Crippen molar-refractivity contribution < 1.29 is 0 Å². The van der Waals surface area contributed by atoms with Crippen molar-refractivity contribution in [3.8, 4) is 0 Å². The van der Waals surface area contributed by atoms with Gasteiger partial charge in [0.15, 0.2) is 0 Å². The van der Waals surface area contributed by atoms with E-state index in [0.717, 1.165) is 11.4 Å². The Morgan fingerprint density at radius 1 is 0.783 bits per heavy atom. The molecule has 1 heterocycles. The molecular formula is C18H19N5. The third kappa shape index (κ3) is 3.97. The Kier molecular flexibility index (Phi) is 4.10. The number of anilines is 5. The van der Waals surface area contributed by atoms with E-state index in [-0.39, 0.29) is 0 Å². The topological polar surface area (TPSA) is 75.9 Å². The zero-order valence-corrected chi connectivity index (χ0v) is 13.2. The molecule has 2 aromatic carbocycles. The first-order valence-electron chi connectivity index (χ1n) is 7.40. The summed E-state index contributed by atoms with van der Waals surface area (Å²) in [5.41, 5.74) is 10.1. The van der Waals surface area contributed by atoms with Gasteiger partial charge < -0.3 is 16.4 Å². The van der Waals surface area contributed by atoms with Crippen molar-refractivity contribution in [2.75, 3.05) is 16.4 Å². The van der Waals surface area contributed by atoms with Crippen LogP contribution < -0.4 is 16.4 Å². The number of nitrogen functional groups attached to an aromatic ring is 1. The highest BCUT2D eigenvalue weighted by molar-refractivity contribution is 5.63. The molecular weight excluding hydrogens is 286 g/mol. The van der Waals surface area contributed by atoms with Gasteiger partial charge in [-0.3, -0.25) is 0 Å². The Balaban J connectivity index is 1.82. The van der Waals surface area contributed by atoms with E-state index in [1.54, 1.807) is 6.07 Å². The average molecular weight is 305 g/mol. The Morgan fingerprint density at radius 3 is 2.30 bits per heavy atom. The highest BCUT2D eigenvalue weighted by atomic mass is 15.2. The van der Waals surface area contributed by atoms with E-state index >= 15 is 0 Å². The van der Waals surface area contributed by atoms with E-state index in [1.165, 1.54) is 11.1 Å². The van der Waals surface area contributed by atoms with Gasteiger partial charge >= 0.3 is 0 Å². The summed E-state index contributed by atoms with van der Waals surface area (Å²) in [5.74, 6) is 1.52. The van der Waals surface area contributed by atoms with Crippen LogP contribution in [0.5, 0.6) is 0 Å². The third-order valence-corrected chi connectivity index (χ3v) is 3.34. The van der Waals surface area contributed by atoms with Crippen molar-refractivity contribution in [1.82, 2.24) is 9.97 Å². The van der Waals surface area contributed by atoms with E-state index < -0.39 is 0 Å². The summed E-state index contributed by atoms with van der Waals surface area (Å²) >= 11 is 0. The molecule has 0 atom stereocenters. The SMILES string of the molecule is Cc1ccc(Nc2nc(N)cc(Nc3cccc(C)c3)n2)cc1. The minimum Gasteiger partial charge on any atom is -0.383 e. The summed E-state index contributed by atoms with van der Waals surface area (Å²) in [4.78, 5) is 8.69. The monoisotopic (exact) mass is 305 g/mol. The first-order chi connectivity index (χ1) is 11.1. The van der Waals surface area contributed by atoms with Gasteiger partial charge in [-0.05, 0) is 43.7 Å². The van der Waals surface area contributed by atoms with Crippen molar-refractivity contribution in [3.05, 3.63) is 65.7 Å². The summed E-state index contributed by atoms with van der Waals surface area (Å²) in [6.45, 7) is 4.09. The molecule has 0 saturated carbocycles. The molecule has 0 aliphatic heterocycles. The van der Waals surface area contributed by atoms with Crippen LogP contribution in [0.2, 0.25) is 0 Å². The smallest absolute Gasteiger partial charge is 0.231 e. The molecule has 3 rings (SSSR count). The molecule has 0 aliphatic carbocycles. The van der Waals surface area contributed by atoms with Gasteiger partial charge in [-0.15, -0.1) is 0 Å². The Hall–Kier alpha value is -3.08. The Labute approximate surface area is 135 Å². The molecule has 0 saturated heterocycles. The molecule has 0 fully saturated rings. The number of hydrogen-bond acceptors (Lipinski definition) is 5. The van der Waals surface area contributed by atoms with Crippen LogP contribution >= 0.6 is 0 Å². The lowest BCUT2D eigenvalue weighted by atomic mass is 10.2. The summed E-state index contributed by atoms with van der Waals surface area (Å²) in [5, 5.41) is 6.42. The maximum atomic E-state index is 5.89. The molecule has 5 nitrogen and oxygen atoms in total. The van der Waals surface area contributed by atoms with Crippen LogP contribution in [0.25, 0.3) is 0 Å². The largest absolute Gasteiger partial charge is 0.383 e. The molecule has 0 spiro atoms. The van der Waals surface area contributed by atoms with E-state index in [1.807, 2.05) is 62.4 Å². The molecule has 23 heavy (non-hydrogen) atoms. The molecule has 5 heteroatoms. The van der Waals surface area contributed by atoms with Gasteiger partial charge in [-0.1, -0.05) is 29.8 Å². The molecule has 116 valence electrons. The number of aryl methyl sites for hydroxylation is 2. The van der Waals surface area contributed by atoms with Crippen LogP contribution in [-0.4, -0.2) is 9.97 Å². The van der Waals surface area contributed by atoms with E-state index in [4.69, 9.17) is 5.73 Å². The zero-order chi connectivity index (χ0) is 16.2. The van der Waals surface area contributed by atoms with Gasteiger partial charge in [0.2, 0.25) is 5.95 Å². The van der Waals surface area contributed by atoms with Gasteiger partial charge in [-0.25, -0.2) is 0 Å². The van der Waals surface area contributed by atoms with Crippen LogP contribution in [0.4, 0.5) is 29.0 Å². The third-order valence-electron chi connectivity index (χ3n) is 3.34. The van der Waals surface area contributed by atoms with Crippen LogP contribution in [-0.2, 0) is 0 Å². The average Bonchev–Trinajstić information content (AvgIpc) is 2.49. The van der Waals surface area contributed by atoms with Crippen LogP contribution in [0.1, 0.15) is 11.1 Å². The van der Waals surface area contributed by atoms with Crippen LogP contribution in [0.15, 0.2) is 54.6 Å². The molecule has 1 aromatic heterocycles. The number of nitrogens with one attached hydrogen (secondary N) is 2. The van der Waals surface area contributed by atoms with Crippen LogP contribution in [0, 0.1) is 13.8 Å². The minimum absolute atomic E-state index is 0.407. The van der Waals surface area contributed by atoms with Gasteiger partial charge in [0.25, 0.3) is 0 Å². The lowest BCUT2D eigenvalue weighted by Gasteiger charge is -2.10. The molecule has 0 bridgehead atoms. The van der Waals surface area contributed by atoms with Crippen molar-refractivity contribution >= 4 is 29.0 Å². The van der Waals surface area contributed by atoms with Crippen molar-refractivity contribution in [3.63, 3.8) is 0 Å². The Bertz CT molecular complexity index is 812. The summed E-state index contributed by atoms with van der Waals surface area (Å²) in [7, 11) is 0. The first-order valence-corrected chi connectivity index (χ1v) is 7.40. The van der Waals surface area contributed by atoms with Crippen molar-refractivity contribution in [2.24, 2.45) is 0 Å². The first kappa shape index (κ1) is 14.8. The summed E-state index contributed by atoms with van der Waals surface area (Å²) in [6.07, 6.45) is 0. The second-order valence-corrected chi connectivity index (χ2v) is 5.49. The predicted octanol–water partition coefficient (Wildman–Crippen LogP) is 4.16. The zero-order valence-electron chi connectivity index (χ0n) is 13.2. The van der Waals surface area contributed by atoms with Gasteiger partial charge in [-0.2, -0.15) is 9.97 Å². The van der Waals surface area contributed by atoms with Crippen molar-refractivity contribution in [2.45, 2.75) is 13.8 Å². The summed E-state index contributed by atoms with van der Waals surface area (Å²) < 4.78 is 0. The maximum Gasteiger partial charge on any atom is 0.231 e.